The molecular weight excluding hydrogens is 400 g/mol. The molecule has 2 saturated heterocycles. The number of urea groups is 1. The average molecular weight is 435 g/mol. The van der Waals surface area contributed by atoms with Crippen LogP contribution >= 0.6 is 0 Å². The summed E-state index contributed by atoms with van der Waals surface area (Å²) >= 11 is 0. The first kappa shape index (κ1) is 22.5. The molecule has 0 atom stereocenters. The highest BCUT2D eigenvalue weighted by Gasteiger charge is 2.57. The summed E-state index contributed by atoms with van der Waals surface area (Å²) in [5.74, 6) is 0.329. The van der Waals surface area contributed by atoms with E-state index < -0.39 is 5.54 Å². The van der Waals surface area contributed by atoms with Crippen LogP contribution in [0.1, 0.15) is 44.2 Å². The molecule has 2 aliphatic rings. The minimum absolute atomic E-state index is 0.00805. The fraction of sp³-hybridized carbons (Fsp3) is 0.500. The van der Waals surface area contributed by atoms with E-state index in [1.165, 1.54) is 10.5 Å². The lowest BCUT2D eigenvalue weighted by molar-refractivity contribution is -0.135. The molecule has 6 heteroatoms. The molecule has 2 fully saturated rings. The molecule has 0 radical (unpaired) electrons. The molecule has 1 aromatic heterocycles. The van der Waals surface area contributed by atoms with E-state index in [1.807, 2.05) is 29.3 Å². The third-order valence-corrected chi connectivity index (χ3v) is 6.67. The summed E-state index contributed by atoms with van der Waals surface area (Å²) in [4.78, 5) is 36.9. The van der Waals surface area contributed by atoms with Gasteiger partial charge in [-0.25, -0.2) is 4.79 Å². The zero-order valence-electron chi connectivity index (χ0n) is 19.2. The third kappa shape index (κ3) is 4.70. The third-order valence-electron chi connectivity index (χ3n) is 6.67. The maximum absolute atomic E-state index is 13.6. The lowest BCUT2D eigenvalue weighted by Crippen LogP contribution is -2.57. The molecule has 6 nitrogen and oxygen atoms in total. The van der Waals surface area contributed by atoms with Crippen molar-refractivity contribution in [3.05, 3.63) is 66.0 Å². The zero-order chi connectivity index (χ0) is 22.6. The van der Waals surface area contributed by atoms with Gasteiger partial charge in [0.1, 0.15) is 5.54 Å². The monoisotopic (exact) mass is 434 g/mol. The number of likely N-dealkylation sites (tertiary alicyclic amines) is 1. The Bertz CT molecular complexity index is 908. The number of hydrogen-bond donors (Lipinski definition) is 0. The number of carbonyl (C=O) groups is 2. The molecule has 0 unspecified atom stereocenters. The van der Waals surface area contributed by atoms with Crippen molar-refractivity contribution in [1.82, 2.24) is 19.7 Å². The summed E-state index contributed by atoms with van der Waals surface area (Å²) in [5, 5.41) is 0. The van der Waals surface area contributed by atoms with Gasteiger partial charge >= 0.3 is 6.03 Å². The van der Waals surface area contributed by atoms with E-state index in [0.29, 0.717) is 31.8 Å². The molecular formula is C26H34N4O2. The van der Waals surface area contributed by atoms with Crippen LogP contribution in [0.3, 0.4) is 0 Å². The summed E-state index contributed by atoms with van der Waals surface area (Å²) in [6.07, 6.45) is 6.59. The van der Waals surface area contributed by atoms with E-state index in [9.17, 15) is 9.59 Å². The first-order chi connectivity index (χ1) is 15.5. The van der Waals surface area contributed by atoms with Gasteiger partial charge in [-0.15, -0.1) is 0 Å². The number of aromatic nitrogens is 1. The maximum Gasteiger partial charge on any atom is 0.327 e. The molecule has 4 rings (SSSR count). The van der Waals surface area contributed by atoms with E-state index in [4.69, 9.17) is 0 Å². The lowest BCUT2D eigenvalue weighted by Gasteiger charge is -2.42. The highest BCUT2D eigenvalue weighted by atomic mass is 16.2. The number of hydrogen-bond acceptors (Lipinski definition) is 4. The Kier molecular flexibility index (Phi) is 6.89. The Morgan fingerprint density at radius 2 is 1.72 bits per heavy atom. The number of imide groups is 1. The standard InChI is InChI=1S/C26H34N4O2/c1-21(2)19-30-25(32)29(15-7-11-22-10-6-14-27-18-22)24(31)26(30)12-16-28(17-13-26)20-23-8-4-3-5-9-23/h3-6,8-10,14,18,21H,7,11-13,15-17,19-20H2,1-2H3. The summed E-state index contributed by atoms with van der Waals surface area (Å²) in [6.45, 7) is 7.86. The van der Waals surface area contributed by atoms with E-state index in [0.717, 1.165) is 38.0 Å². The Morgan fingerprint density at radius 3 is 2.38 bits per heavy atom. The number of aryl methyl sites for hydroxylation is 1. The fourth-order valence-corrected chi connectivity index (χ4v) is 4.99. The van der Waals surface area contributed by atoms with Crippen LogP contribution < -0.4 is 0 Å². The van der Waals surface area contributed by atoms with Gasteiger partial charge in [0.2, 0.25) is 0 Å². The van der Waals surface area contributed by atoms with Crippen LogP contribution in [-0.2, 0) is 17.8 Å². The van der Waals surface area contributed by atoms with Crippen LogP contribution in [0, 0.1) is 5.92 Å². The van der Waals surface area contributed by atoms with Crippen molar-refractivity contribution in [2.45, 2.75) is 51.6 Å². The van der Waals surface area contributed by atoms with Gasteiger partial charge in [0, 0.05) is 45.1 Å². The summed E-state index contributed by atoms with van der Waals surface area (Å²) in [7, 11) is 0. The Labute approximate surface area is 191 Å². The second-order valence-electron chi connectivity index (χ2n) is 9.50. The minimum Gasteiger partial charge on any atom is -0.309 e. The van der Waals surface area contributed by atoms with Gasteiger partial charge in [0.25, 0.3) is 5.91 Å². The Balaban J connectivity index is 1.43. The second-order valence-corrected chi connectivity index (χ2v) is 9.50. The average Bonchev–Trinajstić information content (AvgIpc) is 2.98. The number of benzene rings is 1. The van der Waals surface area contributed by atoms with E-state index in [-0.39, 0.29) is 11.9 Å². The van der Waals surface area contributed by atoms with Crippen molar-refractivity contribution < 1.29 is 9.59 Å². The van der Waals surface area contributed by atoms with Crippen LogP contribution in [0.25, 0.3) is 0 Å². The van der Waals surface area contributed by atoms with Crippen LogP contribution in [0.2, 0.25) is 0 Å². The van der Waals surface area contributed by atoms with Crippen molar-refractivity contribution in [3.8, 4) is 0 Å². The number of amides is 3. The topological polar surface area (TPSA) is 56.8 Å². The van der Waals surface area contributed by atoms with Gasteiger partial charge in [0.05, 0.1) is 0 Å². The van der Waals surface area contributed by atoms with Gasteiger partial charge in [-0.2, -0.15) is 0 Å². The maximum atomic E-state index is 13.6. The molecule has 3 amide bonds. The number of carbonyl (C=O) groups excluding carboxylic acids is 2. The molecule has 3 heterocycles. The van der Waals surface area contributed by atoms with Crippen molar-refractivity contribution >= 4 is 11.9 Å². The molecule has 1 spiro atoms. The summed E-state index contributed by atoms with van der Waals surface area (Å²) in [5.41, 5.74) is 1.74. The highest BCUT2D eigenvalue weighted by Crippen LogP contribution is 2.38. The van der Waals surface area contributed by atoms with Crippen LogP contribution in [0.5, 0.6) is 0 Å². The smallest absolute Gasteiger partial charge is 0.309 e. The Hall–Kier alpha value is -2.73. The van der Waals surface area contributed by atoms with Crippen LogP contribution in [0.15, 0.2) is 54.9 Å². The largest absolute Gasteiger partial charge is 0.327 e. The molecule has 0 N–H and O–H groups in total. The van der Waals surface area contributed by atoms with Crippen molar-refractivity contribution in [1.29, 1.82) is 0 Å². The molecule has 2 aliphatic heterocycles. The van der Waals surface area contributed by atoms with Crippen LogP contribution in [0.4, 0.5) is 4.79 Å². The van der Waals surface area contributed by atoms with E-state index in [1.54, 1.807) is 6.20 Å². The van der Waals surface area contributed by atoms with Gasteiger partial charge in [-0.05, 0) is 48.8 Å². The van der Waals surface area contributed by atoms with Gasteiger partial charge in [0.15, 0.2) is 0 Å². The minimum atomic E-state index is -0.678. The number of pyridine rings is 1. The van der Waals surface area contributed by atoms with Crippen molar-refractivity contribution in [2.75, 3.05) is 26.2 Å². The van der Waals surface area contributed by atoms with Gasteiger partial charge in [-0.3, -0.25) is 19.6 Å². The van der Waals surface area contributed by atoms with Gasteiger partial charge in [-0.1, -0.05) is 50.2 Å². The molecule has 32 heavy (non-hydrogen) atoms. The SMILES string of the molecule is CC(C)CN1C(=O)N(CCCc2cccnc2)C(=O)C12CCN(Cc1ccccc1)CC2. The highest BCUT2D eigenvalue weighted by molar-refractivity contribution is 6.07. The molecule has 0 saturated carbocycles. The predicted molar refractivity (Wildman–Crippen MR) is 125 cm³/mol. The summed E-state index contributed by atoms with van der Waals surface area (Å²) in [6, 6.07) is 14.3. The Morgan fingerprint density at radius 1 is 1.00 bits per heavy atom. The normalized spacial score (nSPS) is 18.8. The number of nitrogens with zero attached hydrogens (tertiary/aromatic N) is 4. The quantitative estimate of drug-likeness (QED) is 0.590. The van der Waals surface area contributed by atoms with Crippen LogP contribution in [-0.4, -0.2) is 63.3 Å². The fourth-order valence-electron chi connectivity index (χ4n) is 4.99. The van der Waals surface area contributed by atoms with E-state index >= 15 is 0 Å². The summed E-state index contributed by atoms with van der Waals surface area (Å²) < 4.78 is 0. The first-order valence-corrected chi connectivity index (χ1v) is 11.8. The van der Waals surface area contributed by atoms with Crippen molar-refractivity contribution in [3.63, 3.8) is 0 Å². The predicted octanol–water partition coefficient (Wildman–Crippen LogP) is 3.97. The molecule has 1 aromatic carbocycles. The molecule has 0 aliphatic carbocycles. The van der Waals surface area contributed by atoms with Gasteiger partial charge < -0.3 is 4.90 Å². The zero-order valence-corrected chi connectivity index (χ0v) is 19.2. The molecule has 2 aromatic rings. The molecule has 170 valence electrons. The lowest BCUT2D eigenvalue weighted by atomic mass is 9.85. The van der Waals surface area contributed by atoms with Crippen molar-refractivity contribution in [2.24, 2.45) is 5.92 Å². The number of rotatable bonds is 8. The second kappa shape index (κ2) is 9.82. The molecule has 0 bridgehead atoms. The number of piperidine rings is 1. The first-order valence-electron chi connectivity index (χ1n) is 11.8. The van der Waals surface area contributed by atoms with E-state index in [2.05, 4.69) is 48.0 Å².